The van der Waals surface area contributed by atoms with Gasteiger partial charge < -0.3 is 10.0 Å². The van der Waals surface area contributed by atoms with Crippen LogP contribution in [0, 0.1) is 12.8 Å². The molecular formula is C16H21NO2. The van der Waals surface area contributed by atoms with Gasteiger partial charge in [0.25, 0.3) is 0 Å². The largest absolute Gasteiger partial charge is 0.386 e. The summed E-state index contributed by atoms with van der Waals surface area (Å²) in [6.07, 6.45) is 3.59. The van der Waals surface area contributed by atoms with E-state index in [2.05, 4.69) is 31.2 Å². The van der Waals surface area contributed by atoms with E-state index in [1.807, 2.05) is 0 Å². The Labute approximate surface area is 114 Å². The van der Waals surface area contributed by atoms with Gasteiger partial charge in [-0.2, -0.15) is 0 Å². The number of hydrogen-bond acceptors (Lipinski definition) is 2. The molecule has 0 unspecified atom stereocenters. The van der Waals surface area contributed by atoms with Crippen molar-refractivity contribution in [1.82, 2.24) is 4.90 Å². The molecule has 3 nitrogen and oxygen atoms in total. The quantitative estimate of drug-likeness (QED) is 0.897. The van der Waals surface area contributed by atoms with Gasteiger partial charge in [-0.3, -0.25) is 4.79 Å². The highest BCUT2D eigenvalue weighted by molar-refractivity contribution is 5.77. The molecule has 1 N–H and O–H groups in total. The molecule has 3 rings (SSSR count). The van der Waals surface area contributed by atoms with E-state index < -0.39 is 5.60 Å². The lowest BCUT2D eigenvalue weighted by Gasteiger charge is -2.47. The van der Waals surface area contributed by atoms with Gasteiger partial charge in [0.2, 0.25) is 5.91 Å². The van der Waals surface area contributed by atoms with Gasteiger partial charge in [-0.25, -0.2) is 0 Å². The molecule has 1 aromatic carbocycles. The van der Waals surface area contributed by atoms with E-state index in [4.69, 9.17) is 0 Å². The molecule has 0 aromatic heterocycles. The van der Waals surface area contributed by atoms with Gasteiger partial charge in [0.15, 0.2) is 0 Å². The Hall–Kier alpha value is -1.35. The highest BCUT2D eigenvalue weighted by atomic mass is 16.3. The minimum Gasteiger partial charge on any atom is -0.386 e. The third-order valence-corrected chi connectivity index (χ3v) is 4.37. The number of hydrogen-bond donors (Lipinski definition) is 1. The summed E-state index contributed by atoms with van der Waals surface area (Å²) in [5, 5.41) is 10.2. The van der Waals surface area contributed by atoms with Crippen molar-refractivity contribution in [2.45, 2.75) is 38.2 Å². The Morgan fingerprint density at radius 2 is 1.95 bits per heavy atom. The van der Waals surface area contributed by atoms with E-state index >= 15 is 0 Å². The van der Waals surface area contributed by atoms with Gasteiger partial charge in [-0.1, -0.05) is 29.8 Å². The summed E-state index contributed by atoms with van der Waals surface area (Å²) in [4.78, 5) is 13.8. The number of carbonyl (C=O) groups is 1. The van der Waals surface area contributed by atoms with Crippen molar-refractivity contribution in [2.24, 2.45) is 5.92 Å². The van der Waals surface area contributed by atoms with Crippen molar-refractivity contribution in [3.63, 3.8) is 0 Å². The lowest BCUT2D eigenvalue weighted by atomic mass is 9.88. The van der Waals surface area contributed by atoms with Crippen molar-refractivity contribution >= 4 is 5.91 Å². The standard InChI is InChI=1S/C16H21NO2/c1-12-2-4-13(5-3-12)6-9-15(18)17-10-16(19,11-17)14-7-8-14/h2-5,14,19H,6-11H2,1H3. The van der Waals surface area contributed by atoms with Crippen LogP contribution in [0.4, 0.5) is 0 Å². The average Bonchev–Trinajstić information content (AvgIpc) is 3.18. The van der Waals surface area contributed by atoms with Gasteiger partial charge in [0.1, 0.15) is 5.60 Å². The zero-order valence-electron chi connectivity index (χ0n) is 11.4. The van der Waals surface area contributed by atoms with E-state index in [9.17, 15) is 9.90 Å². The Morgan fingerprint density at radius 3 is 2.53 bits per heavy atom. The molecule has 0 atom stereocenters. The molecule has 2 aliphatic rings. The summed E-state index contributed by atoms with van der Waals surface area (Å²) in [6, 6.07) is 8.32. The predicted molar refractivity (Wildman–Crippen MR) is 73.8 cm³/mol. The van der Waals surface area contributed by atoms with Crippen molar-refractivity contribution in [3.05, 3.63) is 35.4 Å². The molecule has 1 aromatic rings. The molecule has 19 heavy (non-hydrogen) atoms. The fraction of sp³-hybridized carbons (Fsp3) is 0.562. The SMILES string of the molecule is Cc1ccc(CCC(=O)N2CC(O)(C3CC3)C2)cc1. The molecule has 102 valence electrons. The number of likely N-dealkylation sites (tertiary alicyclic amines) is 1. The summed E-state index contributed by atoms with van der Waals surface area (Å²) in [5.41, 5.74) is 1.89. The smallest absolute Gasteiger partial charge is 0.223 e. The summed E-state index contributed by atoms with van der Waals surface area (Å²) in [6.45, 7) is 3.16. The zero-order valence-corrected chi connectivity index (χ0v) is 11.4. The molecule has 3 heteroatoms. The molecule has 0 bridgehead atoms. The Morgan fingerprint density at radius 1 is 1.32 bits per heavy atom. The van der Waals surface area contributed by atoms with Crippen LogP contribution in [0.5, 0.6) is 0 Å². The van der Waals surface area contributed by atoms with E-state index in [0.717, 1.165) is 19.3 Å². The summed E-state index contributed by atoms with van der Waals surface area (Å²) >= 11 is 0. The molecule has 1 aliphatic heterocycles. The number of carbonyl (C=O) groups excluding carboxylic acids is 1. The summed E-state index contributed by atoms with van der Waals surface area (Å²) in [7, 11) is 0. The molecule has 0 spiro atoms. The number of benzene rings is 1. The minimum absolute atomic E-state index is 0.172. The van der Waals surface area contributed by atoms with Crippen molar-refractivity contribution < 1.29 is 9.90 Å². The van der Waals surface area contributed by atoms with Gasteiger partial charge in [-0.05, 0) is 37.7 Å². The average molecular weight is 259 g/mol. The number of β-amino-alcohol motifs (C(OH)–C–C–N with tert-alkyl or cyclic N) is 1. The first-order valence-corrected chi connectivity index (χ1v) is 7.12. The van der Waals surface area contributed by atoms with Crippen LogP contribution in [-0.4, -0.2) is 34.6 Å². The lowest BCUT2D eigenvalue weighted by Crippen LogP contribution is -2.64. The van der Waals surface area contributed by atoms with E-state index in [-0.39, 0.29) is 5.91 Å². The maximum Gasteiger partial charge on any atom is 0.223 e. The maximum atomic E-state index is 12.0. The summed E-state index contributed by atoms with van der Waals surface area (Å²) in [5.74, 6) is 0.625. The van der Waals surface area contributed by atoms with Gasteiger partial charge in [-0.15, -0.1) is 0 Å². The molecule has 2 fully saturated rings. The minimum atomic E-state index is -0.556. The molecular weight excluding hydrogens is 238 g/mol. The first-order chi connectivity index (χ1) is 9.07. The van der Waals surface area contributed by atoms with Crippen LogP contribution < -0.4 is 0 Å². The van der Waals surface area contributed by atoms with E-state index in [1.54, 1.807) is 4.90 Å². The molecule has 1 aliphatic carbocycles. The third-order valence-electron chi connectivity index (χ3n) is 4.37. The molecule has 1 amide bonds. The Balaban J connectivity index is 1.46. The van der Waals surface area contributed by atoms with Gasteiger partial charge in [0.05, 0.1) is 13.1 Å². The second-order valence-electron chi connectivity index (χ2n) is 6.11. The first-order valence-electron chi connectivity index (χ1n) is 7.12. The molecule has 1 heterocycles. The molecule has 1 saturated carbocycles. The van der Waals surface area contributed by atoms with Gasteiger partial charge >= 0.3 is 0 Å². The zero-order chi connectivity index (χ0) is 13.5. The van der Waals surface area contributed by atoms with E-state index in [1.165, 1.54) is 11.1 Å². The second-order valence-corrected chi connectivity index (χ2v) is 6.11. The topological polar surface area (TPSA) is 40.5 Å². The highest BCUT2D eigenvalue weighted by Crippen LogP contribution is 2.44. The van der Waals surface area contributed by atoms with Crippen LogP contribution in [0.3, 0.4) is 0 Å². The monoisotopic (exact) mass is 259 g/mol. The highest BCUT2D eigenvalue weighted by Gasteiger charge is 2.52. The number of aliphatic hydroxyl groups is 1. The molecule has 1 saturated heterocycles. The fourth-order valence-electron chi connectivity index (χ4n) is 2.83. The van der Waals surface area contributed by atoms with Gasteiger partial charge in [0, 0.05) is 6.42 Å². The second kappa shape index (κ2) is 4.64. The van der Waals surface area contributed by atoms with Crippen molar-refractivity contribution in [3.8, 4) is 0 Å². The van der Waals surface area contributed by atoms with Crippen molar-refractivity contribution in [1.29, 1.82) is 0 Å². The summed E-state index contributed by atoms with van der Waals surface area (Å²) < 4.78 is 0. The van der Waals surface area contributed by atoms with Crippen LogP contribution in [0.25, 0.3) is 0 Å². The van der Waals surface area contributed by atoms with E-state index in [0.29, 0.717) is 25.4 Å². The van der Waals surface area contributed by atoms with Crippen LogP contribution in [0.2, 0.25) is 0 Å². The van der Waals surface area contributed by atoms with Crippen LogP contribution in [0.1, 0.15) is 30.4 Å². The number of aryl methyl sites for hydroxylation is 2. The number of amides is 1. The Kier molecular flexibility index (Phi) is 3.09. The maximum absolute atomic E-state index is 12.0. The third kappa shape index (κ3) is 2.66. The lowest BCUT2D eigenvalue weighted by molar-refractivity contribution is -0.159. The van der Waals surface area contributed by atoms with Crippen LogP contribution >= 0.6 is 0 Å². The number of rotatable bonds is 4. The Bertz CT molecular complexity index is 470. The predicted octanol–water partition coefficient (Wildman–Crippen LogP) is 1.91. The first kappa shape index (κ1) is 12.7. The molecule has 0 radical (unpaired) electrons. The number of nitrogens with zero attached hydrogens (tertiary/aromatic N) is 1. The van der Waals surface area contributed by atoms with Crippen molar-refractivity contribution in [2.75, 3.05) is 13.1 Å². The normalized spacial score (nSPS) is 21.1. The fourth-order valence-corrected chi connectivity index (χ4v) is 2.83. The van der Waals surface area contributed by atoms with Crippen LogP contribution in [-0.2, 0) is 11.2 Å². The van der Waals surface area contributed by atoms with Crippen LogP contribution in [0.15, 0.2) is 24.3 Å².